The van der Waals surface area contributed by atoms with Gasteiger partial charge in [0.1, 0.15) is 5.70 Å². The Kier molecular flexibility index (Phi) is 8.53. The summed E-state index contributed by atoms with van der Waals surface area (Å²) >= 11 is 0. The van der Waals surface area contributed by atoms with Gasteiger partial charge in [-0.2, -0.15) is 0 Å². The van der Waals surface area contributed by atoms with Crippen molar-refractivity contribution in [3.05, 3.63) is 29.5 Å². The van der Waals surface area contributed by atoms with Crippen LogP contribution in [0.1, 0.15) is 31.7 Å². The molecular formula is C24H35N3O5. The third-order valence-electron chi connectivity index (χ3n) is 5.95. The molecule has 32 heavy (non-hydrogen) atoms. The minimum absolute atomic E-state index is 0.224. The normalized spacial score (nSPS) is 17.5. The highest BCUT2D eigenvalue weighted by molar-refractivity contribution is 6.35. The van der Waals surface area contributed by atoms with Gasteiger partial charge in [-0.1, -0.05) is 19.4 Å². The molecule has 0 aromatic heterocycles. The number of piperazine rings is 1. The highest BCUT2D eigenvalue weighted by atomic mass is 16.5. The first kappa shape index (κ1) is 24.1. The van der Waals surface area contributed by atoms with E-state index in [4.69, 9.17) is 14.2 Å². The Hall–Kier alpha value is -2.58. The molecule has 0 saturated carbocycles. The summed E-state index contributed by atoms with van der Waals surface area (Å²) in [6, 6.07) is 5.35. The van der Waals surface area contributed by atoms with Gasteiger partial charge in [0.25, 0.3) is 11.8 Å². The van der Waals surface area contributed by atoms with E-state index in [1.165, 1.54) is 4.90 Å². The van der Waals surface area contributed by atoms with Crippen LogP contribution in [0.25, 0.3) is 5.57 Å². The topological polar surface area (TPSA) is 71.6 Å². The lowest BCUT2D eigenvalue weighted by molar-refractivity contribution is -0.137. The van der Waals surface area contributed by atoms with Crippen LogP contribution < -0.4 is 9.47 Å². The largest absolute Gasteiger partial charge is 0.493 e. The molecule has 2 aliphatic rings. The van der Waals surface area contributed by atoms with Crippen LogP contribution in [0.2, 0.25) is 0 Å². The van der Waals surface area contributed by atoms with Crippen molar-refractivity contribution in [1.29, 1.82) is 0 Å². The van der Waals surface area contributed by atoms with Crippen molar-refractivity contribution in [2.45, 2.75) is 26.2 Å². The van der Waals surface area contributed by atoms with E-state index >= 15 is 0 Å². The Bertz CT molecular complexity index is 846. The van der Waals surface area contributed by atoms with Gasteiger partial charge in [0.2, 0.25) is 0 Å². The van der Waals surface area contributed by atoms with Crippen molar-refractivity contribution in [1.82, 2.24) is 14.7 Å². The second kappa shape index (κ2) is 11.3. The van der Waals surface area contributed by atoms with Crippen LogP contribution >= 0.6 is 0 Å². The first-order chi connectivity index (χ1) is 15.5. The van der Waals surface area contributed by atoms with Gasteiger partial charge < -0.3 is 24.0 Å². The van der Waals surface area contributed by atoms with E-state index in [0.29, 0.717) is 67.6 Å². The average molecular weight is 446 g/mol. The fourth-order valence-electron chi connectivity index (χ4n) is 4.01. The van der Waals surface area contributed by atoms with E-state index in [-0.39, 0.29) is 11.8 Å². The van der Waals surface area contributed by atoms with Gasteiger partial charge in [0.05, 0.1) is 19.8 Å². The molecule has 0 atom stereocenters. The number of rotatable bonds is 11. The Labute approximate surface area is 190 Å². The SMILES string of the molecule is CCCCOCCCN1C(=O)C(c2ccc(OC)c(OC)c2)=C(N2CCN(C)CC2)C1=O. The van der Waals surface area contributed by atoms with Crippen LogP contribution in [0, 0.1) is 0 Å². The summed E-state index contributed by atoms with van der Waals surface area (Å²) in [5, 5.41) is 0. The Morgan fingerprint density at radius 1 is 0.906 bits per heavy atom. The second-order valence-electron chi connectivity index (χ2n) is 8.17. The molecule has 0 spiro atoms. The van der Waals surface area contributed by atoms with Crippen molar-refractivity contribution in [2.24, 2.45) is 0 Å². The summed E-state index contributed by atoms with van der Waals surface area (Å²) in [6.07, 6.45) is 2.71. The zero-order valence-electron chi connectivity index (χ0n) is 19.7. The number of likely N-dealkylation sites (N-methyl/N-ethyl adjacent to an activating group) is 1. The molecule has 1 fully saturated rings. The number of carbonyl (C=O) groups excluding carboxylic acids is 2. The lowest BCUT2D eigenvalue weighted by Crippen LogP contribution is -2.46. The predicted molar refractivity (Wildman–Crippen MR) is 123 cm³/mol. The van der Waals surface area contributed by atoms with Gasteiger partial charge in [-0.3, -0.25) is 14.5 Å². The van der Waals surface area contributed by atoms with Crippen LogP contribution in [0.4, 0.5) is 0 Å². The minimum Gasteiger partial charge on any atom is -0.493 e. The smallest absolute Gasteiger partial charge is 0.277 e. The Morgan fingerprint density at radius 2 is 1.59 bits per heavy atom. The van der Waals surface area contributed by atoms with Crippen molar-refractivity contribution < 1.29 is 23.8 Å². The molecule has 3 rings (SSSR count). The molecule has 0 radical (unpaired) electrons. The number of nitrogens with zero attached hydrogens (tertiary/aromatic N) is 3. The number of ether oxygens (including phenoxy) is 3. The maximum absolute atomic E-state index is 13.5. The fourth-order valence-corrected chi connectivity index (χ4v) is 4.01. The third kappa shape index (κ3) is 5.24. The van der Waals surface area contributed by atoms with Crippen molar-refractivity contribution >= 4 is 17.4 Å². The molecule has 8 heteroatoms. The predicted octanol–water partition coefficient (Wildman–Crippen LogP) is 2.24. The average Bonchev–Trinajstić information content (AvgIpc) is 3.06. The molecule has 1 aromatic carbocycles. The standard InChI is InChI=1S/C24H35N3O5/c1-5-6-15-32-16-7-10-27-23(28)21(18-8-9-19(30-3)20(17-18)31-4)22(24(27)29)26-13-11-25(2)12-14-26/h8-9,17H,5-7,10-16H2,1-4H3. The lowest BCUT2D eigenvalue weighted by Gasteiger charge is -2.34. The third-order valence-corrected chi connectivity index (χ3v) is 5.95. The van der Waals surface area contributed by atoms with Gasteiger partial charge in [-0.15, -0.1) is 0 Å². The van der Waals surface area contributed by atoms with Gasteiger partial charge in [0.15, 0.2) is 11.5 Å². The molecule has 1 saturated heterocycles. The minimum atomic E-state index is -0.260. The fraction of sp³-hybridized carbons (Fsp3) is 0.583. The number of amides is 2. The van der Waals surface area contributed by atoms with E-state index in [2.05, 4.69) is 18.9 Å². The first-order valence-corrected chi connectivity index (χ1v) is 11.4. The molecule has 0 N–H and O–H groups in total. The number of hydrogen-bond donors (Lipinski definition) is 0. The molecular weight excluding hydrogens is 410 g/mol. The van der Waals surface area contributed by atoms with Crippen LogP contribution in [0.5, 0.6) is 11.5 Å². The monoisotopic (exact) mass is 445 g/mol. The summed E-state index contributed by atoms with van der Waals surface area (Å²) in [4.78, 5) is 32.5. The maximum atomic E-state index is 13.5. The number of hydrogen-bond acceptors (Lipinski definition) is 7. The van der Waals surface area contributed by atoms with Crippen molar-refractivity contribution in [3.63, 3.8) is 0 Å². The van der Waals surface area contributed by atoms with Crippen LogP contribution in [-0.4, -0.2) is 93.7 Å². The highest BCUT2D eigenvalue weighted by Gasteiger charge is 2.41. The Balaban J connectivity index is 1.86. The number of carbonyl (C=O) groups is 2. The van der Waals surface area contributed by atoms with Crippen LogP contribution in [0.3, 0.4) is 0 Å². The highest BCUT2D eigenvalue weighted by Crippen LogP contribution is 2.36. The number of methoxy groups -OCH3 is 2. The van der Waals surface area contributed by atoms with E-state index in [1.807, 2.05) is 11.0 Å². The van der Waals surface area contributed by atoms with E-state index < -0.39 is 0 Å². The summed E-state index contributed by atoms with van der Waals surface area (Å²) < 4.78 is 16.4. The number of unbranched alkanes of at least 4 members (excludes halogenated alkanes) is 1. The summed E-state index contributed by atoms with van der Waals surface area (Å²) in [5.74, 6) is 0.622. The van der Waals surface area contributed by atoms with E-state index in [9.17, 15) is 9.59 Å². The first-order valence-electron chi connectivity index (χ1n) is 11.4. The molecule has 176 valence electrons. The summed E-state index contributed by atoms with van der Waals surface area (Å²) in [6.45, 7) is 6.80. The second-order valence-corrected chi connectivity index (χ2v) is 8.17. The molecule has 2 heterocycles. The van der Waals surface area contributed by atoms with Crippen molar-refractivity contribution in [3.8, 4) is 11.5 Å². The molecule has 8 nitrogen and oxygen atoms in total. The maximum Gasteiger partial charge on any atom is 0.277 e. The number of benzene rings is 1. The van der Waals surface area contributed by atoms with E-state index in [0.717, 1.165) is 25.9 Å². The van der Waals surface area contributed by atoms with Crippen LogP contribution in [0.15, 0.2) is 23.9 Å². The molecule has 0 unspecified atom stereocenters. The summed E-state index contributed by atoms with van der Waals surface area (Å²) in [7, 11) is 5.19. The Morgan fingerprint density at radius 3 is 2.25 bits per heavy atom. The zero-order valence-corrected chi connectivity index (χ0v) is 19.7. The lowest BCUT2D eigenvalue weighted by atomic mass is 10.0. The van der Waals surface area contributed by atoms with Gasteiger partial charge in [0, 0.05) is 45.9 Å². The molecule has 0 bridgehead atoms. The van der Waals surface area contributed by atoms with E-state index in [1.54, 1.807) is 26.4 Å². The number of imide groups is 1. The van der Waals surface area contributed by atoms with Gasteiger partial charge >= 0.3 is 0 Å². The zero-order chi connectivity index (χ0) is 23.1. The van der Waals surface area contributed by atoms with Crippen LogP contribution in [-0.2, 0) is 14.3 Å². The summed E-state index contributed by atoms with van der Waals surface area (Å²) in [5.41, 5.74) is 1.59. The molecule has 0 aliphatic carbocycles. The van der Waals surface area contributed by atoms with Gasteiger partial charge in [-0.25, -0.2) is 0 Å². The molecule has 2 aliphatic heterocycles. The van der Waals surface area contributed by atoms with Gasteiger partial charge in [-0.05, 0) is 37.6 Å². The molecule has 2 amide bonds. The van der Waals surface area contributed by atoms with Crippen molar-refractivity contribution in [2.75, 3.05) is 67.2 Å². The quantitative estimate of drug-likeness (QED) is 0.382. The molecule has 1 aromatic rings.